The zero-order valence-corrected chi connectivity index (χ0v) is 16.9. The fourth-order valence-electron chi connectivity index (χ4n) is 3.06. The molecule has 0 radical (unpaired) electrons. The van der Waals surface area contributed by atoms with Crippen LogP contribution in [0.25, 0.3) is 5.65 Å². The van der Waals surface area contributed by atoms with E-state index in [0.29, 0.717) is 11.3 Å². The van der Waals surface area contributed by atoms with Gasteiger partial charge in [-0.05, 0) is 56.5 Å². The highest BCUT2D eigenvalue weighted by Crippen LogP contribution is 2.22. The lowest BCUT2D eigenvalue weighted by molar-refractivity contribution is 0.0697. The number of aromatic nitrogens is 4. The number of aromatic carboxylic acids is 1. The molecule has 4 aromatic rings. The quantitative estimate of drug-likeness (QED) is 0.501. The lowest BCUT2D eigenvalue weighted by Gasteiger charge is -2.06. The van der Waals surface area contributed by atoms with Crippen LogP contribution in [0.3, 0.4) is 0 Å². The Bertz CT molecular complexity index is 1300. The van der Waals surface area contributed by atoms with Crippen molar-refractivity contribution in [1.82, 2.24) is 19.2 Å². The van der Waals surface area contributed by atoms with Crippen molar-refractivity contribution in [2.75, 3.05) is 5.32 Å². The van der Waals surface area contributed by atoms with Crippen LogP contribution < -0.4 is 5.32 Å². The molecule has 0 atom stereocenters. The van der Waals surface area contributed by atoms with Crippen molar-refractivity contribution in [3.05, 3.63) is 77.5 Å². The van der Waals surface area contributed by atoms with E-state index in [2.05, 4.69) is 41.1 Å². The Kier molecular flexibility index (Phi) is 4.98. The molecule has 0 aliphatic heterocycles. The predicted octanol–water partition coefficient (Wildman–Crippen LogP) is 4.26. The van der Waals surface area contributed by atoms with Gasteiger partial charge in [-0.2, -0.15) is 5.10 Å². The van der Waals surface area contributed by atoms with Crippen LogP contribution in [-0.4, -0.2) is 30.2 Å². The molecular weight excluding hydrogens is 378 g/mol. The number of carboxylic acids is 1. The number of hydrogen-bond donors (Lipinski definition) is 2. The average molecular weight is 399 g/mol. The third-order valence-electron chi connectivity index (χ3n) is 4.76. The summed E-state index contributed by atoms with van der Waals surface area (Å²) in [5.74, 6) is 5.23. The van der Waals surface area contributed by atoms with E-state index in [-0.39, 0.29) is 11.6 Å². The van der Waals surface area contributed by atoms with Crippen molar-refractivity contribution in [2.24, 2.45) is 0 Å². The van der Waals surface area contributed by atoms with Crippen LogP contribution >= 0.6 is 0 Å². The number of fused-ring (bicyclic) bond motifs is 1. The fourth-order valence-corrected chi connectivity index (χ4v) is 3.06. The van der Waals surface area contributed by atoms with E-state index < -0.39 is 5.97 Å². The van der Waals surface area contributed by atoms with Crippen LogP contribution in [0.2, 0.25) is 0 Å². The number of rotatable bonds is 4. The van der Waals surface area contributed by atoms with Crippen LogP contribution in [0.15, 0.2) is 55.1 Å². The molecule has 7 heteroatoms. The first-order valence-electron chi connectivity index (χ1n) is 9.55. The normalized spacial score (nSPS) is 10.8. The molecule has 0 unspecified atom stereocenters. The SMILES string of the molecule is Cc1ccc(C(=O)O)cc1C#Cc1cnc2c(Nc3cnn(C(C)C)c3)cccn12. The average Bonchev–Trinajstić information content (AvgIpc) is 3.35. The minimum absolute atomic E-state index is 0.219. The number of pyridine rings is 1. The van der Waals surface area contributed by atoms with Gasteiger partial charge in [-0.15, -0.1) is 0 Å². The van der Waals surface area contributed by atoms with Gasteiger partial charge in [0, 0.05) is 24.0 Å². The van der Waals surface area contributed by atoms with Gasteiger partial charge in [0.15, 0.2) is 5.65 Å². The van der Waals surface area contributed by atoms with Gasteiger partial charge in [0.1, 0.15) is 5.69 Å². The van der Waals surface area contributed by atoms with E-state index in [1.54, 1.807) is 30.6 Å². The second-order valence-electron chi connectivity index (χ2n) is 7.27. The number of benzene rings is 1. The van der Waals surface area contributed by atoms with E-state index in [4.69, 9.17) is 0 Å². The summed E-state index contributed by atoms with van der Waals surface area (Å²) in [6.45, 7) is 6.05. The minimum atomic E-state index is -0.968. The number of nitrogens with zero attached hydrogens (tertiary/aromatic N) is 4. The Morgan fingerprint density at radius 1 is 1.20 bits per heavy atom. The summed E-state index contributed by atoms with van der Waals surface area (Å²) < 4.78 is 3.79. The number of imidazole rings is 1. The molecule has 0 amide bonds. The van der Waals surface area contributed by atoms with Crippen molar-refractivity contribution in [3.63, 3.8) is 0 Å². The minimum Gasteiger partial charge on any atom is -0.478 e. The number of aryl methyl sites for hydroxylation is 1. The molecule has 150 valence electrons. The summed E-state index contributed by atoms with van der Waals surface area (Å²) in [6, 6.07) is 9.09. The molecule has 0 saturated carbocycles. The van der Waals surface area contributed by atoms with Crippen molar-refractivity contribution in [2.45, 2.75) is 26.8 Å². The predicted molar refractivity (Wildman–Crippen MR) is 115 cm³/mol. The van der Waals surface area contributed by atoms with Crippen LogP contribution in [-0.2, 0) is 0 Å². The molecule has 2 N–H and O–H groups in total. The maximum atomic E-state index is 11.2. The molecule has 0 spiro atoms. The van der Waals surface area contributed by atoms with Gasteiger partial charge in [0.25, 0.3) is 0 Å². The topological polar surface area (TPSA) is 84.4 Å². The highest BCUT2D eigenvalue weighted by atomic mass is 16.4. The molecular formula is C23H21N5O2. The third-order valence-corrected chi connectivity index (χ3v) is 4.76. The van der Waals surface area contributed by atoms with E-state index in [1.807, 2.05) is 40.5 Å². The Morgan fingerprint density at radius 3 is 2.77 bits per heavy atom. The second-order valence-corrected chi connectivity index (χ2v) is 7.27. The first-order chi connectivity index (χ1) is 14.4. The van der Waals surface area contributed by atoms with Crippen LogP contribution in [0.1, 0.15) is 47.1 Å². The highest BCUT2D eigenvalue weighted by molar-refractivity contribution is 5.88. The van der Waals surface area contributed by atoms with E-state index in [1.165, 1.54) is 0 Å². The molecule has 0 aliphatic rings. The summed E-state index contributed by atoms with van der Waals surface area (Å²) >= 11 is 0. The Hall–Kier alpha value is -4.05. The van der Waals surface area contributed by atoms with Crippen molar-refractivity contribution < 1.29 is 9.90 Å². The van der Waals surface area contributed by atoms with Gasteiger partial charge in [-0.25, -0.2) is 9.78 Å². The molecule has 3 heterocycles. The highest BCUT2D eigenvalue weighted by Gasteiger charge is 2.09. The Balaban J connectivity index is 1.67. The monoisotopic (exact) mass is 399 g/mol. The smallest absolute Gasteiger partial charge is 0.335 e. The molecule has 0 bridgehead atoms. The largest absolute Gasteiger partial charge is 0.478 e. The van der Waals surface area contributed by atoms with Crippen molar-refractivity contribution in [3.8, 4) is 11.8 Å². The van der Waals surface area contributed by atoms with Gasteiger partial charge in [0.2, 0.25) is 0 Å². The van der Waals surface area contributed by atoms with Gasteiger partial charge in [-0.1, -0.05) is 12.0 Å². The summed E-state index contributed by atoms with van der Waals surface area (Å²) in [6.07, 6.45) is 7.35. The number of hydrogen-bond acceptors (Lipinski definition) is 4. The third kappa shape index (κ3) is 3.76. The lowest BCUT2D eigenvalue weighted by atomic mass is 10.1. The molecule has 30 heavy (non-hydrogen) atoms. The molecule has 4 rings (SSSR count). The lowest BCUT2D eigenvalue weighted by Crippen LogP contribution is -2.00. The van der Waals surface area contributed by atoms with Gasteiger partial charge in [-0.3, -0.25) is 9.08 Å². The van der Waals surface area contributed by atoms with E-state index in [9.17, 15) is 9.90 Å². The second kappa shape index (κ2) is 7.76. The van der Waals surface area contributed by atoms with Gasteiger partial charge in [0.05, 0.1) is 29.3 Å². The summed E-state index contributed by atoms with van der Waals surface area (Å²) in [5, 5.41) is 16.9. The molecule has 0 fully saturated rings. The Labute approximate surface area is 174 Å². The molecule has 0 saturated heterocycles. The van der Waals surface area contributed by atoms with Gasteiger partial charge >= 0.3 is 5.97 Å². The fraction of sp³-hybridized carbons (Fsp3) is 0.174. The molecule has 7 nitrogen and oxygen atoms in total. The van der Waals surface area contributed by atoms with Crippen molar-refractivity contribution in [1.29, 1.82) is 0 Å². The van der Waals surface area contributed by atoms with Crippen LogP contribution in [0, 0.1) is 18.8 Å². The number of carboxylic acid groups (broad SMARTS) is 1. The zero-order chi connectivity index (χ0) is 21.3. The van der Waals surface area contributed by atoms with E-state index >= 15 is 0 Å². The summed E-state index contributed by atoms with van der Waals surface area (Å²) in [7, 11) is 0. The van der Waals surface area contributed by atoms with Crippen LogP contribution in [0.5, 0.6) is 0 Å². The number of carbonyl (C=O) groups is 1. The number of anilines is 2. The summed E-state index contributed by atoms with van der Waals surface area (Å²) in [5.41, 5.74) is 5.01. The standard InChI is InChI=1S/C23H21N5O2/c1-15(2)28-14-19(12-25-28)26-21-5-4-10-27-20(13-24-22(21)27)9-8-17-11-18(23(29)30)7-6-16(17)3/h4-7,10-15,26H,1-3H3,(H,29,30). The first kappa shape index (κ1) is 19.3. The van der Waals surface area contributed by atoms with Crippen LogP contribution in [0.4, 0.5) is 11.4 Å². The Morgan fingerprint density at radius 2 is 2.03 bits per heavy atom. The maximum Gasteiger partial charge on any atom is 0.335 e. The van der Waals surface area contributed by atoms with Gasteiger partial charge < -0.3 is 10.4 Å². The van der Waals surface area contributed by atoms with E-state index in [0.717, 1.165) is 22.6 Å². The molecule has 1 aromatic carbocycles. The van der Waals surface area contributed by atoms with Crippen molar-refractivity contribution >= 4 is 23.0 Å². The molecule has 3 aromatic heterocycles. The first-order valence-corrected chi connectivity index (χ1v) is 9.55. The zero-order valence-electron chi connectivity index (χ0n) is 16.9. The summed E-state index contributed by atoms with van der Waals surface area (Å²) in [4.78, 5) is 15.7. The molecule has 0 aliphatic carbocycles. The maximum absolute atomic E-state index is 11.2. The number of nitrogens with one attached hydrogen (secondary N) is 1.